The standard InChI is InChI=1S/C18H25N3O4/c1-10(2)8-25-9-12-6-13(16(22)23)14(19-7-12)15-20-17(24)18(5,21-15)11(3)4/h6-7,10-11H,8-9H2,1-5H3,(H,22,23)(H,20,21,24). The molecule has 0 fully saturated rings. The van der Waals surface area contributed by atoms with Gasteiger partial charge in [0, 0.05) is 12.8 Å². The van der Waals surface area contributed by atoms with Crippen molar-refractivity contribution >= 4 is 17.7 Å². The zero-order chi connectivity index (χ0) is 18.8. The number of amides is 1. The number of aliphatic imine (C=N–C) groups is 1. The third kappa shape index (κ3) is 4.04. The predicted molar refractivity (Wildman–Crippen MR) is 93.6 cm³/mol. The Balaban J connectivity index is 2.33. The van der Waals surface area contributed by atoms with Gasteiger partial charge in [-0.1, -0.05) is 27.7 Å². The average molecular weight is 347 g/mol. The van der Waals surface area contributed by atoms with Gasteiger partial charge in [-0.15, -0.1) is 0 Å². The second kappa shape index (κ2) is 7.31. The van der Waals surface area contributed by atoms with Crippen LogP contribution in [0.3, 0.4) is 0 Å². The van der Waals surface area contributed by atoms with Gasteiger partial charge in [-0.2, -0.15) is 0 Å². The minimum atomic E-state index is -1.12. The molecule has 0 saturated carbocycles. The van der Waals surface area contributed by atoms with Gasteiger partial charge in [0.25, 0.3) is 5.91 Å². The molecule has 1 aliphatic rings. The molecule has 7 heteroatoms. The Morgan fingerprint density at radius 2 is 2.04 bits per heavy atom. The number of carbonyl (C=O) groups is 2. The van der Waals surface area contributed by atoms with Crippen LogP contribution in [0.1, 0.15) is 56.2 Å². The summed E-state index contributed by atoms with van der Waals surface area (Å²) in [6.07, 6.45) is 1.56. The summed E-state index contributed by atoms with van der Waals surface area (Å²) in [6.45, 7) is 10.5. The lowest BCUT2D eigenvalue weighted by molar-refractivity contribution is -0.124. The Labute approximate surface area is 147 Å². The summed E-state index contributed by atoms with van der Waals surface area (Å²) >= 11 is 0. The van der Waals surface area contributed by atoms with Crippen LogP contribution in [0.25, 0.3) is 0 Å². The Morgan fingerprint density at radius 3 is 2.56 bits per heavy atom. The van der Waals surface area contributed by atoms with Crippen molar-refractivity contribution in [2.24, 2.45) is 16.8 Å². The molecule has 0 bridgehead atoms. The van der Waals surface area contributed by atoms with E-state index in [0.29, 0.717) is 18.1 Å². The summed E-state index contributed by atoms with van der Waals surface area (Å²) < 4.78 is 5.53. The zero-order valence-corrected chi connectivity index (χ0v) is 15.3. The fraction of sp³-hybridized carbons (Fsp3) is 0.556. The van der Waals surface area contributed by atoms with Crippen molar-refractivity contribution in [1.29, 1.82) is 0 Å². The molecule has 0 spiro atoms. The number of hydrogen-bond donors (Lipinski definition) is 2. The monoisotopic (exact) mass is 347 g/mol. The number of amidine groups is 1. The molecule has 1 unspecified atom stereocenters. The lowest BCUT2D eigenvalue weighted by Gasteiger charge is -2.21. The van der Waals surface area contributed by atoms with Crippen LogP contribution in [-0.4, -0.2) is 39.9 Å². The third-order valence-electron chi connectivity index (χ3n) is 4.28. The molecular weight excluding hydrogens is 322 g/mol. The molecular formula is C18H25N3O4. The van der Waals surface area contributed by atoms with E-state index in [2.05, 4.69) is 15.3 Å². The number of aromatic carboxylic acids is 1. The van der Waals surface area contributed by atoms with Gasteiger partial charge in [-0.05, 0) is 30.4 Å². The van der Waals surface area contributed by atoms with Crippen LogP contribution in [0.15, 0.2) is 17.3 Å². The predicted octanol–water partition coefficient (Wildman–Crippen LogP) is 2.24. The van der Waals surface area contributed by atoms with Gasteiger partial charge in [-0.25, -0.2) is 9.79 Å². The van der Waals surface area contributed by atoms with Crippen molar-refractivity contribution in [2.45, 2.75) is 46.8 Å². The summed E-state index contributed by atoms with van der Waals surface area (Å²) in [4.78, 5) is 32.6. The molecule has 0 aromatic carbocycles. The SMILES string of the molecule is CC(C)COCc1cnc(C2=NC(C)(C(C)C)C(=O)N2)c(C(=O)O)c1. The molecule has 2 rings (SSSR count). The first-order valence-electron chi connectivity index (χ1n) is 8.36. The van der Waals surface area contributed by atoms with E-state index in [1.165, 1.54) is 6.07 Å². The quantitative estimate of drug-likeness (QED) is 0.788. The van der Waals surface area contributed by atoms with Crippen molar-refractivity contribution in [3.8, 4) is 0 Å². The molecule has 0 saturated heterocycles. The highest BCUT2D eigenvalue weighted by atomic mass is 16.5. The number of aromatic nitrogens is 1. The maximum Gasteiger partial charge on any atom is 0.338 e. The van der Waals surface area contributed by atoms with E-state index in [-0.39, 0.29) is 35.5 Å². The largest absolute Gasteiger partial charge is 0.478 e. The second-order valence-corrected chi connectivity index (χ2v) is 7.17. The zero-order valence-electron chi connectivity index (χ0n) is 15.3. The van der Waals surface area contributed by atoms with Crippen molar-refractivity contribution in [2.75, 3.05) is 6.61 Å². The number of carboxylic acid groups (broad SMARTS) is 1. The number of ether oxygens (including phenoxy) is 1. The summed E-state index contributed by atoms with van der Waals surface area (Å²) in [5, 5.41) is 12.2. The Kier molecular flexibility index (Phi) is 5.57. The first kappa shape index (κ1) is 19.1. The highest BCUT2D eigenvalue weighted by molar-refractivity contribution is 6.17. The Bertz CT molecular complexity index is 712. The fourth-order valence-electron chi connectivity index (χ4n) is 2.40. The van der Waals surface area contributed by atoms with E-state index >= 15 is 0 Å². The smallest absolute Gasteiger partial charge is 0.338 e. The van der Waals surface area contributed by atoms with E-state index in [0.717, 1.165) is 0 Å². The van der Waals surface area contributed by atoms with Gasteiger partial charge in [0.2, 0.25) is 0 Å². The van der Waals surface area contributed by atoms with E-state index in [1.54, 1.807) is 13.1 Å². The minimum Gasteiger partial charge on any atom is -0.478 e. The van der Waals surface area contributed by atoms with Crippen LogP contribution in [0.4, 0.5) is 0 Å². The van der Waals surface area contributed by atoms with Gasteiger partial charge >= 0.3 is 5.97 Å². The van der Waals surface area contributed by atoms with Crippen LogP contribution in [-0.2, 0) is 16.1 Å². The highest BCUT2D eigenvalue weighted by Crippen LogP contribution is 2.27. The van der Waals surface area contributed by atoms with Crippen molar-refractivity contribution in [1.82, 2.24) is 10.3 Å². The van der Waals surface area contributed by atoms with E-state index in [4.69, 9.17) is 4.74 Å². The molecule has 1 amide bonds. The molecule has 1 aliphatic heterocycles. The van der Waals surface area contributed by atoms with Crippen molar-refractivity contribution in [3.63, 3.8) is 0 Å². The molecule has 1 aromatic heterocycles. The van der Waals surface area contributed by atoms with E-state index in [1.807, 2.05) is 27.7 Å². The number of nitrogens with zero attached hydrogens (tertiary/aromatic N) is 2. The number of pyridine rings is 1. The molecule has 0 aliphatic carbocycles. The highest BCUT2D eigenvalue weighted by Gasteiger charge is 2.43. The Hall–Kier alpha value is -2.28. The van der Waals surface area contributed by atoms with Crippen molar-refractivity contribution in [3.05, 3.63) is 29.1 Å². The lowest BCUT2D eigenvalue weighted by atomic mass is 9.89. The molecule has 1 atom stereocenters. The first-order chi connectivity index (χ1) is 11.6. The van der Waals surface area contributed by atoms with E-state index in [9.17, 15) is 14.7 Å². The van der Waals surface area contributed by atoms with Crippen molar-refractivity contribution < 1.29 is 19.4 Å². The molecule has 1 aromatic rings. The van der Waals surface area contributed by atoms with Gasteiger partial charge in [0.1, 0.15) is 11.2 Å². The maximum absolute atomic E-state index is 12.3. The fourth-order valence-corrected chi connectivity index (χ4v) is 2.40. The summed E-state index contributed by atoms with van der Waals surface area (Å²) in [7, 11) is 0. The summed E-state index contributed by atoms with van der Waals surface area (Å²) in [5.74, 6) is -0.804. The van der Waals surface area contributed by atoms with Gasteiger partial charge < -0.3 is 15.2 Å². The van der Waals surface area contributed by atoms with Gasteiger partial charge in [-0.3, -0.25) is 9.78 Å². The molecule has 136 valence electrons. The topological polar surface area (TPSA) is 101 Å². The minimum absolute atomic E-state index is 0.00213. The Morgan fingerprint density at radius 1 is 1.36 bits per heavy atom. The molecule has 7 nitrogen and oxygen atoms in total. The summed E-state index contributed by atoms with van der Waals surface area (Å²) in [6, 6.07) is 1.52. The molecule has 2 heterocycles. The normalized spacial score (nSPS) is 20.1. The maximum atomic E-state index is 12.3. The van der Waals surface area contributed by atoms with Crippen LogP contribution < -0.4 is 5.32 Å². The number of carboxylic acids is 1. The van der Waals surface area contributed by atoms with Gasteiger partial charge in [0.15, 0.2) is 5.84 Å². The summed E-state index contributed by atoms with van der Waals surface area (Å²) in [5.41, 5.74) is -0.0971. The lowest BCUT2D eigenvalue weighted by Crippen LogP contribution is -2.41. The number of carbonyl (C=O) groups excluding carboxylic acids is 1. The number of nitrogens with one attached hydrogen (secondary N) is 1. The number of rotatable bonds is 7. The average Bonchev–Trinajstić information content (AvgIpc) is 2.83. The molecule has 25 heavy (non-hydrogen) atoms. The molecule has 2 N–H and O–H groups in total. The van der Waals surface area contributed by atoms with Gasteiger partial charge in [0.05, 0.1) is 12.2 Å². The van der Waals surface area contributed by atoms with Crippen LogP contribution >= 0.6 is 0 Å². The first-order valence-corrected chi connectivity index (χ1v) is 8.36. The number of hydrogen-bond acceptors (Lipinski definition) is 5. The third-order valence-corrected chi connectivity index (χ3v) is 4.28. The van der Waals surface area contributed by atoms with Crippen LogP contribution in [0.2, 0.25) is 0 Å². The second-order valence-electron chi connectivity index (χ2n) is 7.17. The van der Waals surface area contributed by atoms with Crippen LogP contribution in [0, 0.1) is 11.8 Å². The van der Waals surface area contributed by atoms with E-state index < -0.39 is 11.5 Å². The molecule has 0 radical (unpaired) electrons. The van der Waals surface area contributed by atoms with Crippen LogP contribution in [0.5, 0.6) is 0 Å².